The Bertz CT molecular complexity index is 1300. The molecule has 3 aliphatic rings. The number of likely N-dealkylation sites (tertiary alicyclic amines) is 1. The number of carbonyl (C=O) groups excluding carboxylic acids is 1. The molecule has 0 radical (unpaired) electrons. The smallest absolute Gasteiger partial charge is 0.292 e. The maximum Gasteiger partial charge on any atom is 0.292 e. The number of fused-ring (bicyclic) bond motifs is 7. The summed E-state index contributed by atoms with van der Waals surface area (Å²) in [5, 5.41) is 0. The average Bonchev–Trinajstić information content (AvgIpc) is 3.38. The molecule has 1 aliphatic heterocycles. The predicted molar refractivity (Wildman–Crippen MR) is 119 cm³/mol. The van der Waals surface area contributed by atoms with Gasteiger partial charge in [-0.3, -0.25) is 14.0 Å². The maximum absolute atomic E-state index is 13.0. The van der Waals surface area contributed by atoms with E-state index in [1.807, 2.05) is 45.8 Å². The van der Waals surface area contributed by atoms with E-state index in [0.717, 1.165) is 48.2 Å². The van der Waals surface area contributed by atoms with Crippen LogP contribution >= 0.6 is 0 Å². The van der Waals surface area contributed by atoms with Crippen LogP contribution in [0.2, 0.25) is 0 Å². The number of H-pyrrole nitrogens is 1. The van der Waals surface area contributed by atoms with E-state index in [9.17, 15) is 9.59 Å². The van der Waals surface area contributed by atoms with Gasteiger partial charge < -0.3 is 9.88 Å². The topological polar surface area (TPSA) is 70.5 Å². The largest absolute Gasteiger partial charge is 0.342 e. The van der Waals surface area contributed by atoms with Crippen molar-refractivity contribution in [3.05, 3.63) is 87.8 Å². The molecule has 0 atom stereocenters. The second kappa shape index (κ2) is 6.80. The fraction of sp³-hybridized carbons (Fsp3) is 0.320. The van der Waals surface area contributed by atoms with Crippen LogP contribution in [0.4, 0.5) is 0 Å². The van der Waals surface area contributed by atoms with E-state index in [2.05, 4.69) is 22.1 Å². The first-order chi connectivity index (χ1) is 15.2. The number of hydrogen-bond donors (Lipinski definition) is 1. The van der Waals surface area contributed by atoms with Crippen molar-refractivity contribution in [3.8, 4) is 0 Å². The molecule has 2 aromatic heterocycles. The number of piperidine rings is 1. The van der Waals surface area contributed by atoms with Crippen LogP contribution in [0.1, 0.15) is 42.6 Å². The van der Waals surface area contributed by atoms with Crippen molar-refractivity contribution < 1.29 is 4.79 Å². The molecule has 1 fully saturated rings. The third-order valence-electron chi connectivity index (χ3n) is 7.12. The molecule has 0 bridgehead atoms. The second-order valence-electron chi connectivity index (χ2n) is 8.74. The number of imidazole rings is 1. The van der Waals surface area contributed by atoms with E-state index in [4.69, 9.17) is 0 Å². The fourth-order valence-electron chi connectivity index (χ4n) is 5.68. The van der Waals surface area contributed by atoms with E-state index >= 15 is 0 Å². The molecule has 1 N–H and O–H groups in total. The molecule has 31 heavy (non-hydrogen) atoms. The highest BCUT2D eigenvalue weighted by Crippen LogP contribution is 2.55. The summed E-state index contributed by atoms with van der Waals surface area (Å²) in [5.74, 6) is 0.182. The molecule has 6 nitrogen and oxygen atoms in total. The van der Waals surface area contributed by atoms with E-state index in [1.165, 1.54) is 5.57 Å². The SMILES string of the molecule is O=C(Cc1ccccc1)N1CCC2(CC1)C1=CCCC=C1c1[nH]c(=O)c3nccn3c12. The van der Waals surface area contributed by atoms with E-state index in [-0.39, 0.29) is 16.9 Å². The van der Waals surface area contributed by atoms with Crippen molar-refractivity contribution in [2.75, 3.05) is 13.1 Å². The standard InChI is InChI=1S/C25H24N4O2/c30-20(16-17-6-2-1-3-7-17)28-13-10-25(11-14-28)19-9-5-4-8-18(19)21-22(25)29-15-12-26-23(29)24(31)27-21/h1-3,6-9,12,15H,4-5,10-11,13-14,16H2,(H,27,31). The van der Waals surface area contributed by atoms with Crippen LogP contribution in [0.25, 0.3) is 11.2 Å². The van der Waals surface area contributed by atoms with Crippen LogP contribution < -0.4 is 5.56 Å². The number of allylic oxidation sites excluding steroid dienone is 4. The minimum absolute atomic E-state index is 0.151. The first kappa shape index (κ1) is 18.4. The van der Waals surface area contributed by atoms with Crippen molar-refractivity contribution in [2.45, 2.75) is 37.5 Å². The molecule has 0 unspecified atom stereocenters. The summed E-state index contributed by atoms with van der Waals surface area (Å²) in [6.07, 6.45) is 12.3. The summed E-state index contributed by atoms with van der Waals surface area (Å²) in [5.41, 5.74) is 5.71. The maximum atomic E-state index is 13.0. The van der Waals surface area contributed by atoms with Crippen LogP contribution in [-0.4, -0.2) is 38.3 Å². The molecule has 1 saturated heterocycles. The molecule has 6 rings (SSSR count). The highest BCUT2D eigenvalue weighted by Gasteiger charge is 2.50. The van der Waals surface area contributed by atoms with Crippen LogP contribution in [0.3, 0.4) is 0 Å². The lowest BCUT2D eigenvalue weighted by atomic mass is 9.71. The van der Waals surface area contributed by atoms with Gasteiger partial charge in [0.1, 0.15) is 0 Å². The number of carbonyl (C=O) groups is 1. The van der Waals surface area contributed by atoms with Crippen molar-refractivity contribution in [1.29, 1.82) is 0 Å². The van der Waals surface area contributed by atoms with Crippen molar-refractivity contribution >= 4 is 17.1 Å². The molecule has 6 heteroatoms. The first-order valence-corrected chi connectivity index (χ1v) is 11.0. The lowest BCUT2D eigenvalue weighted by Gasteiger charge is -2.41. The Morgan fingerprint density at radius 3 is 2.68 bits per heavy atom. The minimum Gasteiger partial charge on any atom is -0.342 e. The number of hydrogen-bond acceptors (Lipinski definition) is 3. The molecule has 156 valence electrons. The Kier molecular flexibility index (Phi) is 4.03. The van der Waals surface area contributed by atoms with Gasteiger partial charge >= 0.3 is 0 Å². The molecule has 0 saturated carbocycles. The number of nitrogens with one attached hydrogen (secondary N) is 1. The quantitative estimate of drug-likeness (QED) is 0.703. The third kappa shape index (κ3) is 2.67. The van der Waals surface area contributed by atoms with Crippen molar-refractivity contribution in [2.24, 2.45) is 0 Å². The van der Waals surface area contributed by atoms with E-state index in [0.29, 0.717) is 25.2 Å². The predicted octanol–water partition coefficient (Wildman–Crippen LogP) is 3.24. The lowest BCUT2D eigenvalue weighted by Crippen LogP contribution is -2.46. The Balaban J connectivity index is 1.37. The molecule has 1 spiro atoms. The number of nitrogens with zero attached hydrogens (tertiary/aromatic N) is 3. The summed E-state index contributed by atoms with van der Waals surface area (Å²) >= 11 is 0. The number of amides is 1. The number of rotatable bonds is 2. The van der Waals surface area contributed by atoms with Gasteiger partial charge in [-0.25, -0.2) is 4.98 Å². The fourth-order valence-corrected chi connectivity index (χ4v) is 5.68. The Hall–Kier alpha value is -3.41. The zero-order valence-corrected chi connectivity index (χ0v) is 17.3. The zero-order valence-electron chi connectivity index (χ0n) is 17.3. The zero-order chi connectivity index (χ0) is 21.0. The van der Waals surface area contributed by atoms with Gasteiger partial charge in [-0.05, 0) is 42.4 Å². The van der Waals surface area contributed by atoms with Gasteiger partial charge in [-0.15, -0.1) is 0 Å². The highest BCUT2D eigenvalue weighted by atomic mass is 16.2. The third-order valence-corrected chi connectivity index (χ3v) is 7.12. The van der Waals surface area contributed by atoms with Gasteiger partial charge in [0.25, 0.3) is 5.56 Å². The Morgan fingerprint density at radius 1 is 1.10 bits per heavy atom. The van der Waals surface area contributed by atoms with Crippen LogP contribution in [0, 0.1) is 0 Å². The van der Waals surface area contributed by atoms with Crippen molar-refractivity contribution in [1.82, 2.24) is 19.3 Å². The molecule has 3 aromatic rings. The van der Waals surface area contributed by atoms with Gasteiger partial charge in [-0.2, -0.15) is 0 Å². The van der Waals surface area contributed by atoms with Crippen LogP contribution in [-0.2, 0) is 16.6 Å². The monoisotopic (exact) mass is 412 g/mol. The van der Waals surface area contributed by atoms with Crippen LogP contribution in [0.5, 0.6) is 0 Å². The summed E-state index contributed by atoms with van der Waals surface area (Å²) in [6, 6.07) is 9.94. The molecular formula is C25H24N4O2. The summed E-state index contributed by atoms with van der Waals surface area (Å²) in [7, 11) is 0. The highest BCUT2D eigenvalue weighted by molar-refractivity contribution is 5.89. The van der Waals surface area contributed by atoms with Gasteiger partial charge in [-0.1, -0.05) is 42.5 Å². The molecule has 1 aromatic carbocycles. The molecule has 1 amide bonds. The molecule has 2 aliphatic carbocycles. The number of aromatic nitrogens is 3. The van der Waals surface area contributed by atoms with Crippen LogP contribution in [0.15, 0.2) is 65.2 Å². The summed E-state index contributed by atoms with van der Waals surface area (Å²) in [6.45, 7) is 1.43. The average molecular weight is 412 g/mol. The van der Waals surface area contributed by atoms with Gasteiger partial charge in [0.05, 0.1) is 17.8 Å². The van der Waals surface area contributed by atoms with Gasteiger partial charge in [0.15, 0.2) is 0 Å². The normalized spacial score (nSPS) is 19.2. The number of aromatic amines is 1. The van der Waals surface area contributed by atoms with Gasteiger partial charge in [0.2, 0.25) is 11.6 Å². The summed E-state index contributed by atoms with van der Waals surface area (Å²) in [4.78, 5) is 35.0. The molecule has 3 heterocycles. The van der Waals surface area contributed by atoms with Gasteiger partial charge in [0, 0.05) is 30.9 Å². The summed E-state index contributed by atoms with van der Waals surface area (Å²) < 4.78 is 1.98. The number of benzene rings is 1. The van der Waals surface area contributed by atoms with E-state index < -0.39 is 0 Å². The lowest BCUT2D eigenvalue weighted by molar-refractivity contribution is -0.131. The van der Waals surface area contributed by atoms with E-state index in [1.54, 1.807) is 6.20 Å². The second-order valence-corrected chi connectivity index (χ2v) is 8.74. The molecular weight excluding hydrogens is 388 g/mol. The minimum atomic E-state index is -0.186. The van der Waals surface area contributed by atoms with Crippen molar-refractivity contribution in [3.63, 3.8) is 0 Å². The Labute approximate surface area is 179 Å². The first-order valence-electron chi connectivity index (χ1n) is 11.0. The Morgan fingerprint density at radius 2 is 1.87 bits per heavy atom.